The normalized spacial score (nSPS) is 16.6. The predicted octanol–water partition coefficient (Wildman–Crippen LogP) is 3.16. The van der Waals surface area contributed by atoms with Crippen LogP contribution >= 0.6 is 11.8 Å². The molecule has 2 amide bonds. The zero-order valence-electron chi connectivity index (χ0n) is 12.7. The van der Waals surface area contributed by atoms with E-state index in [1.54, 1.807) is 13.2 Å². The zero-order chi connectivity index (χ0) is 15.9. The van der Waals surface area contributed by atoms with Gasteiger partial charge in [-0.1, -0.05) is 12.1 Å². The van der Waals surface area contributed by atoms with Gasteiger partial charge in [-0.15, -0.1) is 0 Å². The summed E-state index contributed by atoms with van der Waals surface area (Å²) in [7, 11) is 1.60. The van der Waals surface area contributed by atoms with E-state index in [1.807, 2.05) is 31.2 Å². The topological polar surface area (TPSA) is 55.8 Å². The number of hydrogen-bond donors (Lipinski definition) is 0. The summed E-state index contributed by atoms with van der Waals surface area (Å²) in [4.78, 5) is 25.8. The number of carbonyl (C=O) groups excluding carboxylic acids is 2. The van der Waals surface area contributed by atoms with Crippen LogP contribution in [0.4, 0.5) is 4.79 Å². The number of thioether (sulfide) groups is 1. The zero-order valence-corrected chi connectivity index (χ0v) is 13.5. The third-order valence-electron chi connectivity index (χ3n) is 3.09. The van der Waals surface area contributed by atoms with Gasteiger partial charge in [0.25, 0.3) is 11.1 Å². The van der Waals surface area contributed by atoms with Gasteiger partial charge in [0.1, 0.15) is 5.75 Å². The highest BCUT2D eigenvalue weighted by molar-refractivity contribution is 8.18. The lowest BCUT2D eigenvalue weighted by Gasteiger charge is -2.11. The van der Waals surface area contributed by atoms with Gasteiger partial charge in [-0.2, -0.15) is 0 Å². The average Bonchev–Trinajstić information content (AvgIpc) is 2.77. The fourth-order valence-electron chi connectivity index (χ4n) is 2.04. The second-order valence-corrected chi connectivity index (χ2v) is 5.67. The summed E-state index contributed by atoms with van der Waals surface area (Å²) in [6.45, 7) is 3.45. The van der Waals surface area contributed by atoms with Gasteiger partial charge in [-0.05, 0) is 48.9 Å². The third-order valence-corrected chi connectivity index (χ3v) is 4.00. The molecule has 1 saturated heterocycles. The van der Waals surface area contributed by atoms with Crippen LogP contribution < -0.4 is 4.74 Å². The van der Waals surface area contributed by atoms with E-state index in [0.717, 1.165) is 23.1 Å². The first-order chi connectivity index (χ1) is 10.7. The Labute approximate surface area is 134 Å². The minimum atomic E-state index is -0.236. The molecule has 1 aliphatic rings. The van der Waals surface area contributed by atoms with Crippen molar-refractivity contribution < 1.29 is 19.1 Å². The van der Waals surface area contributed by atoms with E-state index >= 15 is 0 Å². The Hall–Kier alpha value is -1.79. The molecule has 0 spiro atoms. The first kappa shape index (κ1) is 16.6. The summed E-state index contributed by atoms with van der Waals surface area (Å²) in [6.07, 6.45) is 2.38. The van der Waals surface area contributed by atoms with Crippen LogP contribution in [0.3, 0.4) is 0 Å². The highest BCUT2D eigenvalue weighted by atomic mass is 32.2. The number of rotatable bonds is 7. The predicted molar refractivity (Wildman–Crippen MR) is 86.8 cm³/mol. The van der Waals surface area contributed by atoms with E-state index < -0.39 is 0 Å². The second-order valence-electron chi connectivity index (χ2n) is 4.68. The van der Waals surface area contributed by atoms with E-state index in [0.29, 0.717) is 31.1 Å². The molecule has 0 radical (unpaired) electrons. The standard InChI is InChI=1S/C16H19NO4S/c1-3-21-13-7-5-12(6-8-13)11-14-15(18)17(16(19)22-14)9-4-10-20-2/h5-8,11H,3-4,9-10H2,1-2H3/b14-11+. The van der Waals surface area contributed by atoms with Crippen molar-refractivity contribution in [2.24, 2.45) is 0 Å². The van der Waals surface area contributed by atoms with Gasteiger partial charge in [0.15, 0.2) is 0 Å². The molecule has 0 atom stereocenters. The lowest BCUT2D eigenvalue weighted by molar-refractivity contribution is -0.122. The Morgan fingerprint density at radius 3 is 2.59 bits per heavy atom. The number of imide groups is 1. The van der Waals surface area contributed by atoms with Gasteiger partial charge >= 0.3 is 0 Å². The maximum absolute atomic E-state index is 12.2. The monoisotopic (exact) mass is 321 g/mol. The summed E-state index contributed by atoms with van der Waals surface area (Å²) in [5, 5.41) is -0.224. The lowest BCUT2D eigenvalue weighted by Crippen LogP contribution is -2.29. The summed E-state index contributed by atoms with van der Waals surface area (Å²) < 4.78 is 10.3. The summed E-state index contributed by atoms with van der Waals surface area (Å²) >= 11 is 0.976. The Morgan fingerprint density at radius 2 is 1.95 bits per heavy atom. The van der Waals surface area contributed by atoms with Crippen molar-refractivity contribution in [3.63, 3.8) is 0 Å². The number of amides is 2. The summed E-state index contributed by atoms with van der Waals surface area (Å²) in [6, 6.07) is 7.42. The molecule has 5 nitrogen and oxygen atoms in total. The van der Waals surface area contributed by atoms with Gasteiger partial charge in [-0.25, -0.2) is 0 Å². The maximum atomic E-state index is 12.2. The van der Waals surface area contributed by atoms with Crippen LogP contribution in [0, 0.1) is 0 Å². The van der Waals surface area contributed by atoms with Crippen LogP contribution in [0.5, 0.6) is 5.75 Å². The molecule has 1 fully saturated rings. The van der Waals surface area contributed by atoms with Crippen molar-refractivity contribution >= 4 is 29.0 Å². The number of carbonyl (C=O) groups is 2. The quantitative estimate of drug-likeness (QED) is 0.570. The molecule has 0 aliphatic carbocycles. The molecule has 1 aromatic carbocycles. The van der Waals surface area contributed by atoms with Crippen LogP contribution in [-0.2, 0) is 9.53 Å². The highest BCUT2D eigenvalue weighted by Gasteiger charge is 2.34. The molecule has 2 rings (SSSR count). The number of nitrogens with zero attached hydrogens (tertiary/aromatic N) is 1. The molecule has 1 aromatic rings. The number of methoxy groups -OCH3 is 1. The van der Waals surface area contributed by atoms with Crippen molar-refractivity contribution in [2.75, 3.05) is 26.9 Å². The van der Waals surface area contributed by atoms with Crippen LogP contribution in [0.1, 0.15) is 18.9 Å². The fourth-order valence-corrected chi connectivity index (χ4v) is 2.90. The molecule has 1 heterocycles. The van der Waals surface area contributed by atoms with Gasteiger partial charge in [0.05, 0.1) is 11.5 Å². The average molecular weight is 321 g/mol. The molecule has 0 unspecified atom stereocenters. The van der Waals surface area contributed by atoms with Crippen LogP contribution in [0.2, 0.25) is 0 Å². The Kier molecular flexibility index (Phi) is 6.03. The number of hydrogen-bond acceptors (Lipinski definition) is 5. The summed E-state index contributed by atoms with van der Waals surface area (Å²) in [5.74, 6) is 0.548. The van der Waals surface area contributed by atoms with Gasteiger partial charge in [0.2, 0.25) is 0 Å². The molecule has 0 aromatic heterocycles. The van der Waals surface area contributed by atoms with Crippen LogP contribution in [-0.4, -0.2) is 42.9 Å². The molecule has 6 heteroatoms. The van der Waals surface area contributed by atoms with Crippen molar-refractivity contribution in [1.82, 2.24) is 4.90 Å². The van der Waals surface area contributed by atoms with Crippen LogP contribution in [0.15, 0.2) is 29.2 Å². The van der Waals surface area contributed by atoms with Crippen molar-refractivity contribution in [2.45, 2.75) is 13.3 Å². The van der Waals surface area contributed by atoms with E-state index in [1.165, 1.54) is 4.90 Å². The van der Waals surface area contributed by atoms with Crippen molar-refractivity contribution in [3.8, 4) is 5.75 Å². The summed E-state index contributed by atoms with van der Waals surface area (Å²) in [5.41, 5.74) is 0.867. The fraction of sp³-hybridized carbons (Fsp3) is 0.375. The molecule has 0 saturated carbocycles. The largest absolute Gasteiger partial charge is 0.494 e. The molecule has 118 valence electrons. The number of ether oxygens (including phenoxy) is 2. The SMILES string of the molecule is CCOc1ccc(/C=C2/SC(=O)N(CCCOC)C2=O)cc1. The molecular formula is C16H19NO4S. The van der Waals surface area contributed by atoms with Crippen molar-refractivity contribution in [1.29, 1.82) is 0 Å². The minimum absolute atomic E-state index is 0.224. The molecule has 0 bridgehead atoms. The van der Waals surface area contributed by atoms with E-state index in [9.17, 15) is 9.59 Å². The van der Waals surface area contributed by atoms with E-state index in [-0.39, 0.29) is 11.1 Å². The highest BCUT2D eigenvalue weighted by Crippen LogP contribution is 2.32. The Balaban J connectivity index is 2.05. The minimum Gasteiger partial charge on any atom is -0.494 e. The number of benzene rings is 1. The van der Waals surface area contributed by atoms with E-state index in [4.69, 9.17) is 9.47 Å². The first-order valence-electron chi connectivity index (χ1n) is 7.13. The molecular weight excluding hydrogens is 302 g/mol. The van der Waals surface area contributed by atoms with Gasteiger partial charge in [-0.3, -0.25) is 14.5 Å². The van der Waals surface area contributed by atoms with Crippen molar-refractivity contribution in [3.05, 3.63) is 34.7 Å². The first-order valence-corrected chi connectivity index (χ1v) is 7.94. The Morgan fingerprint density at radius 1 is 1.23 bits per heavy atom. The molecule has 1 aliphatic heterocycles. The maximum Gasteiger partial charge on any atom is 0.293 e. The van der Waals surface area contributed by atoms with Gasteiger partial charge in [0, 0.05) is 20.3 Å². The second kappa shape index (κ2) is 8.00. The van der Waals surface area contributed by atoms with Gasteiger partial charge < -0.3 is 9.47 Å². The molecule has 0 N–H and O–H groups in total. The third kappa shape index (κ3) is 4.11. The lowest BCUT2D eigenvalue weighted by atomic mass is 10.2. The van der Waals surface area contributed by atoms with Crippen LogP contribution in [0.25, 0.3) is 6.08 Å². The Bertz CT molecular complexity index is 568. The smallest absolute Gasteiger partial charge is 0.293 e. The van der Waals surface area contributed by atoms with E-state index in [2.05, 4.69) is 0 Å². The molecule has 22 heavy (non-hydrogen) atoms.